The summed E-state index contributed by atoms with van der Waals surface area (Å²) in [4.78, 5) is 22.6. The molecule has 8 nitrogen and oxygen atoms in total. The minimum atomic E-state index is -4.07. The summed E-state index contributed by atoms with van der Waals surface area (Å²) >= 11 is 0. The Morgan fingerprint density at radius 1 is 1.23 bits per heavy atom. The number of carboxylic acid groups (broad SMARTS) is 2. The van der Waals surface area contributed by atoms with Crippen molar-refractivity contribution in [1.29, 1.82) is 0 Å². The van der Waals surface area contributed by atoms with E-state index >= 15 is 0 Å². The molecule has 22 heavy (non-hydrogen) atoms. The van der Waals surface area contributed by atoms with E-state index in [0.717, 1.165) is 5.56 Å². The van der Waals surface area contributed by atoms with Crippen LogP contribution in [0.3, 0.4) is 0 Å². The van der Waals surface area contributed by atoms with Crippen molar-refractivity contribution in [3.63, 3.8) is 0 Å². The van der Waals surface area contributed by atoms with Gasteiger partial charge in [-0.1, -0.05) is 17.7 Å². The molecule has 0 saturated carbocycles. The number of amides is 1. The number of hydrogen-bond donors (Lipinski definition) is 2. The Bertz CT molecular complexity index is 661. The lowest BCUT2D eigenvalue weighted by Gasteiger charge is -2.16. The lowest BCUT2D eigenvalue weighted by Crippen LogP contribution is -2.39. The third kappa shape index (κ3) is 3.37. The molecular formula is C13H15NO7S. The Morgan fingerprint density at radius 3 is 2.27 bits per heavy atom. The Hall–Kier alpha value is -2.13. The first kappa shape index (κ1) is 16.2. The summed E-state index contributed by atoms with van der Waals surface area (Å²) in [5.41, 5.74) is 0.878. The van der Waals surface area contributed by atoms with Gasteiger partial charge in [0.1, 0.15) is 6.04 Å². The van der Waals surface area contributed by atoms with Gasteiger partial charge in [-0.25, -0.2) is 9.59 Å². The van der Waals surface area contributed by atoms with E-state index in [9.17, 15) is 18.0 Å². The van der Waals surface area contributed by atoms with Gasteiger partial charge >= 0.3 is 12.1 Å². The zero-order chi connectivity index (χ0) is 16.5. The molecule has 2 N–H and O–H groups in total. The van der Waals surface area contributed by atoms with Crippen LogP contribution in [0.15, 0.2) is 29.2 Å². The molecule has 1 aromatic rings. The van der Waals surface area contributed by atoms with E-state index in [0.29, 0.717) is 4.90 Å². The quantitative estimate of drug-likeness (QED) is 0.787. The highest BCUT2D eigenvalue weighted by molar-refractivity contribution is 7.86. The molecule has 0 aliphatic carbocycles. The van der Waals surface area contributed by atoms with Crippen LogP contribution in [-0.2, 0) is 19.1 Å². The van der Waals surface area contributed by atoms with Crippen LogP contribution in [0.5, 0.6) is 0 Å². The molecule has 2 atom stereocenters. The average molecular weight is 329 g/mol. The summed E-state index contributed by atoms with van der Waals surface area (Å²) in [6.07, 6.45) is -2.66. The first-order chi connectivity index (χ1) is 10.2. The molecule has 1 aromatic carbocycles. The summed E-state index contributed by atoms with van der Waals surface area (Å²) in [6, 6.07) is 4.66. The largest absolute Gasteiger partial charge is 0.480 e. The molecule has 1 aliphatic rings. The summed E-state index contributed by atoms with van der Waals surface area (Å²) in [5.74, 6) is -1.33. The van der Waals surface area contributed by atoms with Gasteiger partial charge in [0.2, 0.25) is 0 Å². The van der Waals surface area contributed by atoms with E-state index in [2.05, 4.69) is 0 Å². The summed E-state index contributed by atoms with van der Waals surface area (Å²) in [6.45, 7) is 1.49. The van der Waals surface area contributed by atoms with Crippen molar-refractivity contribution in [2.75, 3.05) is 6.54 Å². The molecule has 0 spiro atoms. The lowest BCUT2D eigenvalue weighted by molar-refractivity contribution is -0.141. The number of carbonyl (C=O) groups is 2. The van der Waals surface area contributed by atoms with E-state index in [4.69, 9.17) is 14.4 Å². The SMILES string of the molecule is Cc1ccc(S(=O)(=O)OC2C[C@H](C(=O)O)N(C(=O)O)C2)cc1. The standard InChI is InChI=1S/C13H15NO7S/c1-8-2-4-10(5-3-8)22(19,20)21-9-6-11(12(15)16)14(7-9)13(17)18/h2-5,9,11H,6-7H2,1H3,(H,15,16)(H,17,18)/t9?,11-/m1/s1. The van der Waals surface area contributed by atoms with Crippen molar-refractivity contribution in [3.8, 4) is 0 Å². The second-order valence-corrected chi connectivity index (χ2v) is 6.58. The summed E-state index contributed by atoms with van der Waals surface area (Å²) in [7, 11) is -4.07. The third-order valence-electron chi connectivity index (χ3n) is 3.37. The molecule has 1 saturated heterocycles. The molecule has 0 aromatic heterocycles. The number of hydrogen-bond acceptors (Lipinski definition) is 5. The molecule has 1 aliphatic heterocycles. The van der Waals surface area contributed by atoms with Gasteiger partial charge in [-0.2, -0.15) is 8.42 Å². The van der Waals surface area contributed by atoms with E-state index < -0.39 is 34.3 Å². The molecule has 1 unspecified atom stereocenters. The topological polar surface area (TPSA) is 121 Å². The first-order valence-electron chi connectivity index (χ1n) is 6.43. The second kappa shape index (κ2) is 5.93. The fraction of sp³-hybridized carbons (Fsp3) is 0.385. The Labute approximate surface area is 127 Å². The molecule has 1 heterocycles. The highest BCUT2D eigenvalue weighted by Gasteiger charge is 2.42. The van der Waals surface area contributed by atoms with Crippen LogP contribution >= 0.6 is 0 Å². The predicted octanol–water partition coefficient (Wildman–Crippen LogP) is 0.906. The van der Waals surface area contributed by atoms with Crippen molar-refractivity contribution in [2.45, 2.75) is 30.4 Å². The van der Waals surface area contributed by atoms with Crippen LogP contribution in [0, 0.1) is 6.92 Å². The smallest absolute Gasteiger partial charge is 0.408 e. The lowest BCUT2D eigenvalue weighted by atomic mass is 10.2. The van der Waals surface area contributed by atoms with Crippen LogP contribution in [0.4, 0.5) is 4.79 Å². The minimum absolute atomic E-state index is 0.0567. The number of nitrogens with zero attached hydrogens (tertiary/aromatic N) is 1. The van der Waals surface area contributed by atoms with Gasteiger partial charge in [-0.3, -0.25) is 9.08 Å². The molecule has 0 bridgehead atoms. The predicted molar refractivity (Wildman–Crippen MR) is 74.0 cm³/mol. The van der Waals surface area contributed by atoms with Crippen LogP contribution in [0.1, 0.15) is 12.0 Å². The third-order valence-corrected chi connectivity index (χ3v) is 4.74. The fourth-order valence-corrected chi connectivity index (χ4v) is 3.33. The second-order valence-electron chi connectivity index (χ2n) is 5.01. The molecule has 9 heteroatoms. The maximum absolute atomic E-state index is 12.1. The first-order valence-corrected chi connectivity index (χ1v) is 7.84. The molecule has 120 valence electrons. The number of aryl methyl sites for hydroxylation is 1. The minimum Gasteiger partial charge on any atom is -0.480 e. The van der Waals surface area contributed by atoms with E-state index in [1.807, 2.05) is 0 Å². The maximum atomic E-state index is 12.1. The van der Waals surface area contributed by atoms with Crippen molar-refractivity contribution < 1.29 is 32.4 Å². The Morgan fingerprint density at radius 2 is 1.82 bits per heavy atom. The van der Waals surface area contributed by atoms with Gasteiger partial charge in [-0.05, 0) is 19.1 Å². The van der Waals surface area contributed by atoms with Crippen molar-refractivity contribution in [1.82, 2.24) is 4.90 Å². The Balaban J connectivity index is 2.15. The van der Waals surface area contributed by atoms with Crippen LogP contribution in [0.25, 0.3) is 0 Å². The highest BCUT2D eigenvalue weighted by atomic mass is 32.2. The summed E-state index contributed by atoms with van der Waals surface area (Å²) in [5, 5.41) is 17.9. The van der Waals surface area contributed by atoms with Gasteiger partial charge in [-0.15, -0.1) is 0 Å². The van der Waals surface area contributed by atoms with Gasteiger partial charge in [0.15, 0.2) is 0 Å². The maximum Gasteiger partial charge on any atom is 0.408 e. The zero-order valence-electron chi connectivity index (χ0n) is 11.7. The number of aliphatic carboxylic acids is 1. The van der Waals surface area contributed by atoms with Crippen LogP contribution in [-0.4, -0.2) is 54.3 Å². The summed E-state index contributed by atoms with van der Waals surface area (Å²) < 4.78 is 29.2. The number of benzene rings is 1. The monoisotopic (exact) mass is 329 g/mol. The van der Waals surface area contributed by atoms with Crippen molar-refractivity contribution in [3.05, 3.63) is 29.8 Å². The van der Waals surface area contributed by atoms with Crippen molar-refractivity contribution in [2.24, 2.45) is 0 Å². The number of carboxylic acids is 1. The van der Waals surface area contributed by atoms with Crippen LogP contribution in [0.2, 0.25) is 0 Å². The number of likely N-dealkylation sites (tertiary alicyclic amines) is 1. The molecular weight excluding hydrogens is 314 g/mol. The molecule has 0 radical (unpaired) electrons. The van der Waals surface area contributed by atoms with E-state index in [1.165, 1.54) is 12.1 Å². The number of rotatable bonds is 4. The fourth-order valence-electron chi connectivity index (χ4n) is 2.25. The van der Waals surface area contributed by atoms with Gasteiger partial charge < -0.3 is 10.2 Å². The molecule has 1 amide bonds. The van der Waals surface area contributed by atoms with Crippen LogP contribution < -0.4 is 0 Å². The Kier molecular flexibility index (Phi) is 4.38. The highest BCUT2D eigenvalue weighted by Crippen LogP contribution is 2.24. The van der Waals surface area contributed by atoms with E-state index in [-0.39, 0.29) is 17.9 Å². The average Bonchev–Trinajstić information content (AvgIpc) is 2.82. The van der Waals surface area contributed by atoms with Gasteiger partial charge in [0.05, 0.1) is 17.5 Å². The molecule has 2 rings (SSSR count). The molecule has 1 fully saturated rings. The van der Waals surface area contributed by atoms with Crippen molar-refractivity contribution >= 4 is 22.2 Å². The normalized spacial score (nSPS) is 21.8. The zero-order valence-corrected chi connectivity index (χ0v) is 12.5. The van der Waals surface area contributed by atoms with Gasteiger partial charge in [0, 0.05) is 6.42 Å². The van der Waals surface area contributed by atoms with Gasteiger partial charge in [0.25, 0.3) is 10.1 Å². The van der Waals surface area contributed by atoms with E-state index in [1.54, 1.807) is 19.1 Å².